The van der Waals surface area contributed by atoms with E-state index >= 15 is 0 Å². The highest BCUT2D eigenvalue weighted by Gasteiger charge is 2.32. The highest BCUT2D eigenvalue weighted by Crippen LogP contribution is 2.39. The number of fused-ring (bicyclic) bond motifs is 5. The second-order valence-electron chi connectivity index (χ2n) is 7.65. The molecule has 0 unspecified atom stereocenters. The summed E-state index contributed by atoms with van der Waals surface area (Å²) >= 11 is 6.12. The summed E-state index contributed by atoms with van der Waals surface area (Å²) in [4.78, 5) is 29.0. The van der Waals surface area contributed by atoms with Gasteiger partial charge in [-0.2, -0.15) is 0 Å². The van der Waals surface area contributed by atoms with Crippen LogP contribution in [0.2, 0.25) is 5.02 Å². The van der Waals surface area contributed by atoms with Gasteiger partial charge in [-0.25, -0.2) is 0 Å². The van der Waals surface area contributed by atoms with Crippen LogP contribution in [0.25, 0.3) is 22.0 Å². The molecule has 0 radical (unpaired) electrons. The summed E-state index contributed by atoms with van der Waals surface area (Å²) in [5, 5.41) is 1.35. The fourth-order valence-electron chi connectivity index (χ4n) is 4.60. The lowest BCUT2D eigenvalue weighted by Gasteiger charge is -2.27. The van der Waals surface area contributed by atoms with Crippen LogP contribution in [-0.2, 0) is 6.54 Å². The van der Waals surface area contributed by atoms with Crippen LogP contribution in [0.15, 0.2) is 47.3 Å². The standard InChI is InChI=1S/C23H21ClN2O2/c24-15-8-9-16-18(14-15)22(27)20-17-6-2-3-7-19(17)26(23(28)21(16)20)13-12-25-10-4-1-5-11-25/h2-3,6-9,14H,1,4-5,10-13H2. The highest BCUT2D eigenvalue weighted by molar-refractivity contribution is 6.33. The zero-order chi connectivity index (χ0) is 19.3. The number of carbonyl (C=O) groups excluding carboxylic acids is 1. The molecule has 142 valence electrons. The van der Waals surface area contributed by atoms with Crippen LogP contribution >= 0.6 is 11.6 Å². The van der Waals surface area contributed by atoms with Gasteiger partial charge in [-0.1, -0.05) is 42.3 Å². The molecule has 3 aromatic rings. The van der Waals surface area contributed by atoms with Crippen LogP contribution in [-0.4, -0.2) is 34.9 Å². The van der Waals surface area contributed by atoms with Gasteiger partial charge in [0.2, 0.25) is 0 Å². The van der Waals surface area contributed by atoms with Gasteiger partial charge in [-0.05, 0) is 49.7 Å². The first-order valence-corrected chi connectivity index (χ1v) is 10.3. The zero-order valence-corrected chi connectivity index (χ0v) is 16.3. The number of carbonyl (C=O) groups is 1. The molecule has 2 aliphatic rings. The van der Waals surface area contributed by atoms with Gasteiger partial charge < -0.3 is 9.47 Å². The molecule has 2 aromatic carbocycles. The van der Waals surface area contributed by atoms with Crippen molar-refractivity contribution in [1.82, 2.24) is 9.47 Å². The van der Waals surface area contributed by atoms with E-state index in [0.717, 1.165) is 30.5 Å². The molecule has 28 heavy (non-hydrogen) atoms. The predicted molar refractivity (Wildman–Crippen MR) is 112 cm³/mol. The van der Waals surface area contributed by atoms with Gasteiger partial charge in [0.1, 0.15) is 0 Å². The summed E-state index contributed by atoms with van der Waals surface area (Å²) in [6.07, 6.45) is 3.74. The van der Waals surface area contributed by atoms with Gasteiger partial charge in [0, 0.05) is 34.6 Å². The first kappa shape index (κ1) is 17.7. The Kier molecular flexibility index (Phi) is 4.33. The monoisotopic (exact) mass is 392 g/mol. The van der Waals surface area contributed by atoms with Crippen LogP contribution < -0.4 is 5.56 Å². The predicted octanol–water partition coefficient (Wildman–Crippen LogP) is 4.35. The second kappa shape index (κ2) is 6.87. The van der Waals surface area contributed by atoms with Gasteiger partial charge in [0.05, 0.1) is 11.1 Å². The van der Waals surface area contributed by atoms with Crippen molar-refractivity contribution in [3.8, 4) is 11.1 Å². The molecule has 5 heteroatoms. The van der Waals surface area contributed by atoms with E-state index in [0.29, 0.717) is 33.8 Å². The molecular formula is C23H21ClN2O2. The molecule has 5 rings (SSSR count). The third-order valence-electron chi connectivity index (χ3n) is 5.98. The number of halogens is 1. The number of likely N-dealkylation sites (tertiary alicyclic amines) is 1. The number of rotatable bonds is 3. The molecule has 0 amide bonds. The Morgan fingerprint density at radius 3 is 2.46 bits per heavy atom. The lowest BCUT2D eigenvalue weighted by molar-refractivity contribution is 0.104. The van der Waals surface area contributed by atoms with Crippen molar-refractivity contribution < 1.29 is 4.79 Å². The second-order valence-corrected chi connectivity index (χ2v) is 8.08. The van der Waals surface area contributed by atoms with Crippen molar-refractivity contribution in [2.75, 3.05) is 19.6 Å². The number of piperidine rings is 1. The molecular weight excluding hydrogens is 372 g/mol. The Bertz CT molecular complexity index is 1160. The summed E-state index contributed by atoms with van der Waals surface area (Å²) in [5.41, 5.74) is 3.02. The Balaban J connectivity index is 1.68. The lowest BCUT2D eigenvalue weighted by atomic mass is 10.0. The van der Waals surface area contributed by atoms with Gasteiger partial charge in [-0.3, -0.25) is 9.59 Å². The first-order valence-electron chi connectivity index (χ1n) is 9.87. The Morgan fingerprint density at radius 1 is 0.857 bits per heavy atom. The van der Waals surface area contributed by atoms with E-state index in [-0.39, 0.29) is 11.3 Å². The van der Waals surface area contributed by atoms with E-state index in [1.54, 1.807) is 18.2 Å². The summed E-state index contributed by atoms with van der Waals surface area (Å²) < 4.78 is 1.85. The van der Waals surface area contributed by atoms with Crippen LogP contribution in [0.4, 0.5) is 0 Å². The van der Waals surface area contributed by atoms with Crippen LogP contribution in [0.5, 0.6) is 0 Å². The maximum atomic E-state index is 13.5. The summed E-state index contributed by atoms with van der Waals surface area (Å²) in [6, 6.07) is 12.9. The fraction of sp³-hybridized carbons (Fsp3) is 0.304. The van der Waals surface area contributed by atoms with E-state index in [1.807, 2.05) is 28.8 Å². The molecule has 0 atom stereocenters. The number of aromatic nitrogens is 1. The van der Waals surface area contributed by atoms with Gasteiger partial charge in [-0.15, -0.1) is 0 Å². The summed E-state index contributed by atoms with van der Waals surface area (Å²) in [5.74, 6) is -0.107. The largest absolute Gasteiger partial charge is 0.306 e. The molecule has 1 fully saturated rings. The number of para-hydroxylation sites is 1. The van der Waals surface area contributed by atoms with Gasteiger partial charge in [0.25, 0.3) is 5.56 Å². The smallest absolute Gasteiger partial charge is 0.259 e. The molecule has 4 nitrogen and oxygen atoms in total. The number of hydrogen-bond acceptors (Lipinski definition) is 3. The fourth-order valence-corrected chi connectivity index (χ4v) is 4.77. The molecule has 0 saturated carbocycles. The Hall–Kier alpha value is -2.43. The van der Waals surface area contributed by atoms with E-state index in [4.69, 9.17) is 11.6 Å². The van der Waals surface area contributed by atoms with Gasteiger partial charge >= 0.3 is 0 Å². The van der Waals surface area contributed by atoms with Crippen molar-refractivity contribution in [3.05, 3.63) is 69.0 Å². The number of pyridine rings is 1. The minimum Gasteiger partial charge on any atom is -0.306 e. The maximum Gasteiger partial charge on any atom is 0.259 e. The zero-order valence-electron chi connectivity index (χ0n) is 15.6. The van der Waals surface area contributed by atoms with Gasteiger partial charge in [0.15, 0.2) is 5.78 Å². The van der Waals surface area contributed by atoms with Crippen molar-refractivity contribution in [1.29, 1.82) is 0 Å². The summed E-state index contributed by atoms with van der Waals surface area (Å²) in [7, 11) is 0. The molecule has 2 heterocycles. The molecule has 0 N–H and O–H groups in total. The van der Waals surface area contributed by atoms with E-state index in [9.17, 15) is 9.59 Å². The molecule has 1 aliphatic heterocycles. The average molecular weight is 393 g/mol. The minimum atomic E-state index is -0.107. The molecule has 1 aliphatic carbocycles. The first-order chi connectivity index (χ1) is 13.6. The Labute approximate surface area is 168 Å². The Morgan fingerprint density at radius 2 is 1.64 bits per heavy atom. The normalized spacial score (nSPS) is 16.4. The van der Waals surface area contributed by atoms with Crippen molar-refractivity contribution in [2.24, 2.45) is 0 Å². The minimum absolute atomic E-state index is 0.0832. The molecule has 0 spiro atoms. The molecule has 1 saturated heterocycles. The highest BCUT2D eigenvalue weighted by atomic mass is 35.5. The lowest BCUT2D eigenvalue weighted by Crippen LogP contribution is -2.35. The van der Waals surface area contributed by atoms with Crippen LogP contribution in [0.1, 0.15) is 35.2 Å². The summed E-state index contributed by atoms with van der Waals surface area (Å²) in [6.45, 7) is 3.67. The number of benzene rings is 2. The number of ketones is 1. The van der Waals surface area contributed by atoms with Crippen molar-refractivity contribution >= 4 is 28.3 Å². The average Bonchev–Trinajstić information content (AvgIpc) is 3.01. The van der Waals surface area contributed by atoms with Crippen molar-refractivity contribution in [2.45, 2.75) is 25.8 Å². The SMILES string of the molecule is O=C1c2cc(Cl)ccc2-c2c1c1ccccc1n(CCN1CCCCC1)c2=O. The quantitative estimate of drug-likeness (QED) is 0.520. The molecule has 1 aromatic heterocycles. The van der Waals surface area contributed by atoms with Crippen LogP contribution in [0, 0.1) is 0 Å². The number of nitrogens with zero attached hydrogens (tertiary/aromatic N) is 2. The van der Waals surface area contributed by atoms with E-state index in [2.05, 4.69) is 4.90 Å². The topological polar surface area (TPSA) is 42.3 Å². The van der Waals surface area contributed by atoms with E-state index in [1.165, 1.54) is 19.3 Å². The van der Waals surface area contributed by atoms with E-state index < -0.39 is 0 Å². The van der Waals surface area contributed by atoms with Crippen LogP contribution in [0.3, 0.4) is 0 Å². The third kappa shape index (κ3) is 2.71. The molecule has 0 bridgehead atoms. The maximum absolute atomic E-state index is 13.5. The van der Waals surface area contributed by atoms with Crippen molar-refractivity contribution in [3.63, 3.8) is 0 Å². The number of hydrogen-bond donors (Lipinski definition) is 0. The third-order valence-corrected chi connectivity index (χ3v) is 6.22.